The fourth-order valence-electron chi connectivity index (χ4n) is 1.17. The number of aromatic nitrogens is 2. The molecule has 0 spiro atoms. The number of halogens is 1. The Morgan fingerprint density at radius 2 is 2.27 bits per heavy atom. The number of aryl methyl sites for hydroxylation is 1. The van der Waals surface area contributed by atoms with Crippen LogP contribution in [0.15, 0.2) is 4.47 Å². The van der Waals surface area contributed by atoms with Gasteiger partial charge in [0.15, 0.2) is 0 Å². The number of hydrogen-bond acceptors (Lipinski definition) is 4. The zero-order chi connectivity index (χ0) is 11.4. The number of esters is 1. The molecule has 0 bridgehead atoms. The van der Waals surface area contributed by atoms with Gasteiger partial charge in [-0.2, -0.15) is 5.10 Å². The molecule has 5 nitrogen and oxygen atoms in total. The summed E-state index contributed by atoms with van der Waals surface area (Å²) in [5, 5.41) is 4.15. The van der Waals surface area contributed by atoms with E-state index in [4.69, 9.17) is 9.47 Å². The Morgan fingerprint density at radius 1 is 1.60 bits per heavy atom. The van der Waals surface area contributed by atoms with Crippen LogP contribution in [-0.2, 0) is 16.1 Å². The summed E-state index contributed by atoms with van der Waals surface area (Å²) in [5.41, 5.74) is 0.774. The van der Waals surface area contributed by atoms with E-state index >= 15 is 0 Å². The summed E-state index contributed by atoms with van der Waals surface area (Å²) in [4.78, 5) is 11.2. The first-order valence-corrected chi connectivity index (χ1v) is 5.32. The average Bonchev–Trinajstić information content (AvgIpc) is 2.42. The van der Waals surface area contributed by atoms with Crippen LogP contribution >= 0.6 is 15.9 Å². The first-order valence-electron chi connectivity index (χ1n) is 4.52. The molecule has 0 N–H and O–H groups in total. The highest BCUT2D eigenvalue weighted by molar-refractivity contribution is 9.10. The molecule has 0 saturated heterocycles. The molecule has 1 aromatic rings. The quantitative estimate of drug-likeness (QED) is 0.783. The van der Waals surface area contributed by atoms with E-state index < -0.39 is 0 Å². The van der Waals surface area contributed by atoms with Crippen LogP contribution in [0.4, 0.5) is 0 Å². The first-order chi connectivity index (χ1) is 7.10. The number of carbonyl (C=O) groups is 1. The number of nitrogens with zero attached hydrogens (tertiary/aromatic N) is 2. The lowest BCUT2D eigenvalue weighted by Crippen LogP contribution is -2.15. The Kier molecular flexibility index (Phi) is 4.14. The van der Waals surface area contributed by atoms with E-state index in [0.717, 1.165) is 10.2 Å². The van der Waals surface area contributed by atoms with Crippen LogP contribution in [0.1, 0.15) is 12.6 Å². The molecule has 0 aliphatic carbocycles. The second-order valence-corrected chi connectivity index (χ2v) is 3.66. The minimum absolute atomic E-state index is 0.0590. The van der Waals surface area contributed by atoms with Gasteiger partial charge in [-0.25, -0.2) is 4.68 Å². The van der Waals surface area contributed by atoms with Crippen LogP contribution < -0.4 is 4.74 Å². The highest BCUT2D eigenvalue weighted by atomic mass is 79.9. The van der Waals surface area contributed by atoms with Gasteiger partial charge in [0.2, 0.25) is 5.88 Å². The van der Waals surface area contributed by atoms with E-state index in [0.29, 0.717) is 12.5 Å². The van der Waals surface area contributed by atoms with E-state index in [1.807, 2.05) is 6.92 Å². The van der Waals surface area contributed by atoms with Crippen molar-refractivity contribution in [2.24, 2.45) is 0 Å². The number of hydrogen-bond donors (Lipinski definition) is 0. The summed E-state index contributed by atoms with van der Waals surface area (Å²) in [6.45, 7) is 4.01. The van der Waals surface area contributed by atoms with Crippen molar-refractivity contribution >= 4 is 21.9 Å². The molecule has 0 atom stereocenters. The molecule has 6 heteroatoms. The van der Waals surface area contributed by atoms with Gasteiger partial charge in [0.1, 0.15) is 11.0 Å². The fourth-order valence-corrected chi connectivity index (χ4v) is 1.62. The third-order valence-corrected chi connectivity index (χ3v) is 2.70. The smallest absolute Gasteiger partial charge is 0.327 e. The molecule has 0 amide bonds. The van der Waals surface area contributed by atoms with E-state index in [1.54, 1.807) is 6.92 Å². The zero-order valence-electron chi connectivity index (χ0n) is 8.91. The number of methoxy groups -OCH3 is 1. The third-order valence-electron chi connectivity index (χ3n) is 1.79. The highest BCUT2D eigenvalue weighted by Gasteiger charge is 2.15. The van der Waals surface area contributed by atoms with Gasteiger partial charge in [-0.15, -0.1) is 0 Å². The predicted molar refractivity (Wildman–Crippen MR) is 57.8 cm³/mol. The molecule has 0 aliphatic rings. The van der Waals surface area contributed by atoms with Crippen LogP contribution in [-0.4, -0.2) is 29.5 Å². The van der Waals surface area contributed by atoms with E-state index in [-0.39, 0.29) is 12.5 Å². The van der Waals surface area contributed by atoms with Crippen molar-refractivity contribution in [1.82, 2.24) is 9.78 Å². The average molecular weight is 277 g/mol. The molecular formula is C9H13BrN2O3. The van der Waals surface area contributed by atoms with Gasteiger partial charge < -0.3 is 9.47 Å². The van der Waals surface area contributed by atoms with E-state index in [2.05, 4.69) is 21.0 Å². The molecule has 1 rings (SSSR count). The predicted octanol–water partition coefficient (Wildman–Crippen LogP) is 1.53. The minimum Gasteiger partial charge on any atom is -0.480 e. The lowest BCUT2D eigenvalue weighted by atomic mass is 10.5. The van der Waals surface area contributed by atoms with Crippen molar-refractivity contribution in [2.45, 2.75) is 20.4 Å². The molecule has 0 saturated carbocycles. The Bertz CT molecular complexity index is 362. The second kappa shape index (κ2) is 5.16. The summed E-state index contributed by atoms with van der Waals surface area (Å²) in [5.74, 6) is 0.200. The Hall–Kier alpha value is -1.04. The topological polar surface area (TPSA) is 53.4 Å². The van der Waals surface area contributed by atoms with Crippen molar-refractivity contribution < 1.29 is 14.3 Å². The SMILES string of the molecule is CCOC(=O)Cn1nc(C)c(Br)c1OC. The maximum Gasteiger partial charge on any atom is 0.327 e. The number of ether oxygens (including phenoxy) is 2. The summed E-state index contributed by atoms with van der Waals surface area (Å²) >= 11 is 3.33. The maximum atomic E-state index is 11.2. The van der Waals surface area contributed by atoms with Crippen LogP contribution in [0.3, 0.4) is 0 Å². The Balaban J connectivity index is 2.85. The van der Waals surface area contributed by atoms with Crippen LogP contribution in [0.2, 0.25) is 0 Å². The molecule has 0 aromatic carbocycles. The monoisotopic (exact) mass is 276 g/mol. The minimum atomic E-state index is -0.328. The van der Waals surface area contributed by atoms with Crippen LogP contribution in [0, 0.1) is 6.92 Å². The van der Waals surface area contributed by atoms with Gasteiger partial charge in [-0.1, -0.05) is 0 Å². The van der Waals surface area contributed by atoms with Crippen molar-refractivity contribution in [1.29, 1.82) is 0 Å². The molecular weight excluding hydrogens is 264 g/mol. The third kappa shape index (κ3) is 2.71. The van der Waals surface area contributed by atoms with Gasteiger partial charge in [0, 0.05) is 0 Å². The van der Waals surface area contributed by atoms with Gasteiger partial charge in [-0.05, 0) is 29.8 Å². The van der Waals surface area contributed by atoms with Gasteiger partial charge in [-0.3, -0.25) is 4.79 Å². The van der Waals surface area contributed by atoms with Crippen molar-refractivity contribution in [3.05, 3.63) is 10.2 Å². The standard InChI is InChI=1S/C9H13BrN2O3/c1-4-15-7(13)5-12-9(14-3)8(10)6(2)11-12/h4-5H2,1-3H3. The molecule has 0 fully saturated rings. The Morgan fingerprint density at radius 3 is 2.80 bits per heavy atom. The largest absolute Gasteiger partial charge is 0.480 e. The fraction of sp³-hybridized carbons (Fsp3) is 0.556. The highest BCUT2D eigenvalue weighted by Crippen LogP contribution is 2.27. The lowest BCUT2D eigenvalue weighted by molar-refractivity contribution is -0.144. The number of carbonyl (C=O) groups excluding carboxylic acids is 1. The molecule has 0 radical (unpaired) electrons. The normalized spacial score (nSPS) is 10.1. The molecule has 0 unspecified atom stereocenters. The summed E-state index contributed by atoms with van der Waals surface area (Å²) in [7, 11) is 1.53. The summed E-state index contributed by atoms with van der Waals surface area (Å²) in [6, 6.07) is 0. The summed E-state index contributed by atoms with van der Waals surface area (Å²) < 4.78 is 12.2. The van der Waals surface area contributed by atoms with Crippen molar-refractivity contribution in [2.75, 3.05) is 13.7 Å². The Labute approximate surface area is 96.5 Å². The lowest BCUT2D eigenvalue weighted by Gasteiger charge is -2.05. The van der Waals surface area contributed by atoms with Crippen molar-refractivity contribution in [3.63, 3.8) is 0 Å². The van der Waals surface area contributed by atoms with Crippen LogP contribution in [0.5, 0.6) is 5.88 Å². The maximum absolute atomic E-state index is 11.2. The zero-order valence-corrected chi connectivity index (χ0v) is 10.5. The van der Waals surface area contributed by atoms with Gasteiger partial charge in [0.05, 0.1) is 19.4 Å². The first kappa shape index (κ1) is 12.0. The van der Waals surface area contributed by atoms with Crippen LogP contribution in [0.25, 0.3) is 0 Å². The second-order valence-electron chi connectivity index (χ2n) is 2.87. The van der Waals surface area contributed by atoms with Gasteiger partial charge >= 0.3 is 5.97 Å². The van der Waals surface area contributed by atoms with Crippen molar-refractivity contribution in [3.8, 4) is 5.88 Å². The molecule has 1 heterocycles. The summed E-state index contributed by atoms with van der Waals surface area (Å²) in [6.07, 6.45) is 0. The molecule has 0 aliphatic heterocycles. The van der Waals surface area contributed by atoms with E-state index in [1.165, 1.54) is 11.8 Å². The molecule has 15 heavy (non-hydrogen) atoms. The molecule has 84 valence electrons. The number of rotatable bonds is 4. The molecule has 1 aromatic heterocycles. The van der Waals surface area contributed by atoms with Gasteiger partial charge in [0.25, 0.3) is 0 Å². The van der Waals surface area contributed by atoms with E-state index in [9.17, 15) is 4.79 Å².